The molecule has 0 unspecified atom stereocenters. The molecule has 0 amide bonds. The molecule has 1 atom stereocenters. The molecule has 7 nitrogen and oxygen atoms in total. The maximum Gasteiger partial charge on any atom is 0.360 e. The van der Waals surface area contributed by atoms with E-state index in [9.17, 15) is 14.4 Å². The van der Waals surface area contributed by atoms with Crippen LogP contribution in [-0.4, -0.2) is 29.2 Å². The van der Waals surface area contributed by atoms with Crippen molar-refractivity contribution in [2.45, 2.75) is 6.10 Å². The summed E-state index contributed by atoms with van der Waals surface area (Å²) in [6, 6.07) is 12.9. The molecule has 0 aliphatic rings. The first-order valence-corrected chi connectivity index (χ1v) is 7.91. The third-order valence-electron chi connectivity index (χ3n) is 3.72. The van der Waals surface area contributed by atoms with Crippen molar-refractivity contribution in [2.24, 2.45) is 0 Å². The largest absolute Gasteiger partial charge is 0.466 e. The summed E-state index contributed by atoms with van der Waals surface area (Å²) in [7, 11) is 1.17. The fourth-order valence-electron chi connectivity index (χ4n) is 2.47. The van der Waals surface area contributed by atoms with Crippen molar-refractivity contribution in [3.63, 3.8) is 0 Å². The molecule has 0 aliphatic carbocycles. The summed E-state index contributed by atoms with van der Waals surface area (Å²) in [5.41, 5.74) is -0.281. The molecule has 3 rings (SSSR count). The van der Waals surface area contributed by atoms with E-state index in [1.54, 1.807) is 48.5 Å². The lowest BCUT2D eigenvalue weighted by Crippen LogP contribution is -2.23. The Morgan fingerprint density at radius 3 is 2.42 bits per heavy atom. The van der Waals surface area contributed by atoms with E-state index in [2.05, 4.69) is 10.2 Å². The Morgan fingerprint density at radius 2 is 1.73 bits per heavy atom. The van der Waals surface area contributed by atoms with E-state index in [4.69, 9.17) is 21.1 Å². The number of nitrogens with one attached hydrogen (secondary N) is 1. The van der Waals surface area contributed by atoms with Crippen molar-refractivity contribution in [3.8, 4) is 0 Å². The maximum absolute atomic E-state index is 12.6. The van der Waals surface area contributed by atoms with E-state index < -0.39 is 23.6 Å². The Bertz CT molecular complexity index is 1050. The lowest BCUT2D eigenvalue weighted by molar-refractivity contribution is -0.151. The molecule has 0 saturated carbocycles. The van der Waals surface area contributed by atoms with Crippen molar-refractivity contribution >= 4 is 34.3 Å². The summed E-state index contributed by atoms with van der Waals surface area (Å²) in [6.07, 6.45) is -1.37. The van der Waals surface area contributed by atoms with Crippen LogP contribution in [0.4, 0.5) is 0 Å². The van der Waals surface area contributed by atoms with Gasteiger partial charge in [-0.25, -0.2) is 14.7 Å². The van der Waals surface area contributed by atoms with Crippen LogP contribution in [0.3, 0.4) is 0 Å². The van der Waals surface area contributed by atoms with Gasteiger partial charge in [-0.3, -0.25) is 4.79 Å². The molecule has 26 heavy (non-hydrogen) atoms. The summed E-state index contributed by atoms with van der Waals surface area (Å²) in [5.74, 6) is -1.69. The number of benzene rings is 2. The van der Waals surface area contributed by atoms with E-state index in [-0.39, 0.29) is 21.7 Å². The van der Waals surface area contributed by atoms with Crippen LogP contribution < -0.4 is 5.56 Å². The van der Waals surface area contributed by atoms with Gasteiger partial charge in [0.1, 0.15) is 0 Å². The first-order chi connectivity index (χ1) is 12.5. The van der Waals surface area contributed by atoms with Gasteiger partial charge in [0.05, 0.1) is 12.5 Å². The van der Waals surface area contributed by atoms with Crippen molar-refractivity contribution in [1.82, 2.24) is 10.2 Å². The third kappa shape index (κ3) is 3.29. The SMILES string of the molecule is COC(=O)[C@H](OC(=O)c1n[nH]c(=O)c2ccccc12)c1ccccc1Cl. The highest BCUT2D eigenvalue weighted by atomic mass is 35.5. The Morgan fingerprint density at radius 1 is 1.08 bits per heavy atom. The molecule has 0 bridgehead atoms. The number of carbonyl (C=O) groups is 2. The van der Waals surface area contributed by atoms with Crippen LogP contribution in [0.25, 0.3) is 10.8 Å². The number of esters is 2. The second kappa shape index (κ2) is 7.37. The minimum absolute atomic E-state index is 0.124. The third-order valence-corrected chi connectivity index (χ3v) is 4.06. The van der Waals surface area contributed by atoms with E-state index >= 15 is 0 Å². The Balaban J connectivity index is 2.02. The molecule has 1 heterocycles. The monoisotopic (exact) mass is 372 g/mol. The van der Waals surface area contributed by atoms with Gasteiger partial charge in [-0.15, -0.1) is 0 Å². The number of rotatable bonds is 4. The van der Waals surface area contributed by atoms with Gasteiger partial charge in [0.25, 0.3) is 5.56 Å². The number of hydrogen-bond donors (Lipinski definition) is 1. The van der Waals surface area contributed by atoms with Gasteiger partial charge in [-0.1, -0.05) is 48.0 Å². The molecular formula is C18H13ClN2O5. The zero-order chi connectivity index (χ0) is 18.7. The molecule has 1 aromatic heterocycles. The number of aromatic amines is 1. The number of ether oxygens (including phenoxy) is 2. The topological polar surface area (TPSA) is 98.3 Å². The van der Waals surface area contributed by atoms with Gasteiger partial charge in [0, 0.05) is 16.0 Å². The quantitative estimate of drug-likeness (QED) is 0.707. The number of aromatic nitrogens is 2. The first-order valence-electron chi connectivity index (χ1n) is 7.53. The maximum atomic E-state index is 12.6. The minimum atomic E-state index is -1.37. The molecule has 8 heteroatoms. The van der Waals surface area contributed by atoms with Gasteiger partial charge >= 0.3 is 11.9 Å². The van der Waals surface area contributed by atoms with E-state index in [1.165, 1.54) is 7.11 Å². The van der Waals surface area contributed by atoms with Crippen molar-refractivity contribution in [3.05, 3.63) is 75.2 Å². The van der Waals surface area contributed by atoms with Crippen LogP contribution in [0.2, 0.25) is 5.02 Å². The van der Waals surface area contributed by atoms with Crippen LogP contribution in [-0.2, 0) is 14.3 Å². The highest BCUT2D eigenvalue weighted by Gasteiger charge is 2.29. The minimum Gasteiger partial charge on any atom is -0.466 e. The lowest BCUT2D eigenvalue weighted by Gasteiger charge is -2.17. The molecule has 0 radical (unpaired) electrons. The number of nitrogens with zero attached hydrogens (tertiary/aromatic N) is 1. The number of hydrogen-bond acceptors (Lipinski definition) is 6. The highest BCUT2D eigenvalue weighted by molar-refractivity contribution is 6.31. The zero-order valence-corrected chi connectivity index (χ0v) is 14.3. The fourth-order valence-corrected chi connectivity index (χ4v) is 2.70. The average Bonchev–Trinajstić information content (AvgIpc) is 2.66. The Hall–Kier alpha value is -3.19. The second-order valence-electron chi connectivity index (χ2n) is 5.28. The van der Waals surface area contributed by atoms with Crippen molar-refractivity contribution < 1.29 is 19.1 Å². The van der Waals surface area contributed by atoms with E-state index in [1.807, 2.05) is 0 Å². The summed E-state index contributed by atoms with van der Waals surface area (Å²) >= 11 is 6.10. The standard InChI is InChI=1S/C18H13ClN2O5/c1-25-18(24)15(12-8-4-5-9-13(12)19)26-17(23)14-10-6-2-3-7-11(10)16(22)21-20-14/h2-9,15H,1H3,(H,21,22)/t15-/m1/s1. The fraction of sp³-hybridized carbons (Fsp3) is 0.111. The number of halogens is 1. The Kier molecular flexibility index (Phi) is 4.99. The molecule has 0 fully saturated rings. The predicted molar refractivity (Wildman–Crippen MR) is 94.0 cm³/mol. The molecule has 0 spiro atoms. The summed E-state index contributed by atoms with van der Waals surface area (Å²) < 4.78 is 10.0. The molecule has 1 N–H and O–H groups in total. The summed E-state index contributed by atoms with van der Waals surface area (Å²) in [5, 5.41) is 6.84. The first kappa shape index (κ1) is 17.6. The van der Waals surface area contributed by atoms with Crippen LogP contribution in [0, 0.1) is 0 Å². The number of fused-ring (bicyclic) bond motifs is 1. The lowest BCUT2D eigenvalue weighted by atomic mass is 10.1. The number of methoxy groups -OCH3 is 1. The van der Waals surface area contributed by atoms with Crippen molar-refractivity contribution in [2.75, 3.05) is 7.11 Å². The Labute approximate surface area is 152 Å². The van der Waals surface area contributed by atoms with Crippen LogP contribution >= 0.6 is 11.6 Å². The zero-order valence-electron chi connectivity index (χ0n) is 13.6. The molecule has 132 valence electrons. The van der Waals surface area contributed by atoms with Crippen LogP contribution in [0.5, 0.6) is 0 Å². The number of H-pyrrole nitrogens is 1. The molecule has 3 aromatic rings. The molecule has 0 aliphatic heterocycles. The van der Waals surface area contributed by atoms with Gasteiger partial charge < -0.3 is 9.47 Å². The normalized spacial score (nSPS) is 11.8. The number of carbonyl (C=O) groups excluding carboxylic acids is 2. The van der Waals surface area contributed by atoms with E-state index in [0.29, 0.717) is 5.39 Å². The van der Waals surface area contributed by atoms with Gasteiger partial charge in [0.15, 0.2) is 5.69 Å². The highest BCUT2D eigenvalue weighted by Crippen LogP contribution is 2.28. The van der Waals surface area contributed by atoms with Gasteiger partial charge in [-0.05, 0) is 12.1 Å². The summed E-state index contributed by atoms with van der Waals surface area (Å²) in [4.78, 5) is 36.6. The predicted octanol–water partition coefficient (Wildman–Crippen LogP) is 2.65. The van der Waals surface area contributed by atoms with Crippen LogP contribution in [0.15, 0.2) is 53.3 Å². The van der Waals surface area contributed by atoms with Crippen LogP contribution in [0.1, 0.15) is 22.2 Å². The average molecular weight is 373 g/mol. The molecule has 0 saturated heterocycles. The summed E-state index contributed by atoms with van der Waals surface area (Å²) in [6.45, 7) is 0. The molecular weight excluding hydrogens is 360 g/mol. The molecule has 2 aromatic carbocycles. The van der Waals surface area contributed by atoms with Crippen molar-refractivity contribution in [1.29, 1.82) is 0 Å². The van der Waals surface area contributed by atoms with Gasteiger partial charge in [0.2, 0.25) is 6.10 Å². The van der Waals surface area contributed by atoms with Gasteiger partial charge in [-0.2, -0.15) is 5.10 Å². The van der Waals surface area contributed by atoms with E-state index in [0.717, 1.165) is 0 Å². The second-order valence-corrected chi connectivity index (χ2v) is 5.68. The smallest absolute Gasteiger partial charge is 0.360 e.